The van der Waals surface area contributed by atoms with Gasteiger partial charge in [0.2, 0.25) is 0 Å². The largest absolute Gasteiger partial charge is 0.383 e. The topological polar surface area (TPSA) is 60.9 Å². The third-order valence-corrected chi connectivity index (χ3v) is 2.40. The summed E-state index contributed by atoms with van der Waals surface area (Å²) < 4.78 is 1.46. The van der Waals surface area contributed by atoms with Gasteiger partial charge in [-0.15, -0.1) is 11.3 Å². The van der Waals surface area contributed by atoms with E-state index in [1.807, 2.05) is 0 Å². The summed E-state index contributed by atoms with van der Waals surface area (Å²) in [7, 11) is 0. The summed E-state index contributed by atoms with van der Waals surface area (Å²) in [6.45, 7) is 0. The van der Waals surface area contributed by atoms with Crippen molar-refractivity contribution in [2.75, 3.05) is 5.73 Å². The molecule has 0 aliphatic heterocycles. The van der Waals surface area contributed by atoms with Crippen LogP contribution in [0.25, 0.3) is 5.13 Å². The third kappa shape index (κ3) is 1.46. The quantitative estimate of drug-likeness (QED) is 0.731. The Bertz CT molecular complexity index is 474. The zero-order valence-electron chi connectivity index (χ0n) is 6.68. The minimum absolute atomic E-state index is 0.100. The van der Waals surface area contributed by atoms with E-state index >= 15 is 0 Å². The molecule has 0 aromatic carbocycles. The van der Waals surface area contributed by atoms with Crippen LogP contribution in [0.1, 0.15) is 0 Å². The molecule has 2 N–H and O–H groups in total. The zero-order valence-corrected chi connectivity index (χ0v) is 7.49. The molecule has 0 bridgehead atoms. The highest BCUT2D eigenvalue weighted by Crippen LogP contribution is 2.13. The van der Waals surface area contributed by atoms with Gasteiger partial charge in [-0.25, -0.2) is 4.98 Å². The smallest absolute Gasteiger partial charge is 0.256 e. The Morgan fingerprint density at radius 3 is 2.92 bits per heavy atom. The van der Waals surface area contributed by atoms with E-state index in [9.17, 15) is 4.79 Å². The van der Waals surface area contributed by atoms with Crippen molar-refractivity contribution in [3.05, 3.63) is 40.1 Å². The van der Waals surface area contributed by atoms with Crippen molar-refractivity contribution in [2.45, 2.75) is 0 Å². The number of thiazole rings is 1. The van der Waals surface area contributed by atoms with Crippen molar-refractivity contribution in [3.63, 3.8) is 0 Å². The second-order valence-corrected chi connectivity index (χ2v) is 3.30. The fourth-order valence-electron chi connectivity index (χ4n) is 0.972. The van der Waals surface area contributed by atoms with E-state index in [0.29, 0.717) is 10.9 Å². The van der Waals surface area contributed by atoms with E-state index < -0.39 is 0 Å². The van der Waals surface area contributed by atoms with Crippen molar-refractivity contribution in [2.24, 2.45) is 0 Å². The SMILES string of the molecule is Nc1csc(-n2ccccc2=O)n1. The lowest BCUT2D eigenvalue weighted by Crippen LogP contribution is -2.15. The standard InChI is InChI=1S/C8H7N3OS/c9-6-5-13-8(10-6)11-4-2-1-3-7(11)12/h1-5H,9H2. The highest BCUT2D eigenvalue weighted by Gasteiger charge is 2.01. The summed E-state index contributed by atoms with van der Waals surface area (Å²) in [6.07, 6.45) is 1.67. The second-order valence-electron chi connectivity index (χ2n) is 2.46. The molecule has 2 heterocycles. The van der Waals surface area contributed by atoms with E-state index in [2.05, 4.69) is 4.98 Å². The molecule has 0 amide bonds. The normalized spacial score (nSPS) is 10.2. The van der Waals surface area contributed by atoms with Crippen LogP contribution in [0.2, 0.25) is 0 Å². The molecule has 0 aliphatic carbocycles. The molecule has 2 aromatic heterocycles. The van der Waals surface area contributed by atoms with Crippen LogP contribution >= 0.6 is 11.3 Å². The van der Waals surface area contributed by atoms with Gasteiger partial charge in [0, 0.05) is 17.6 Å². The minimum Gasteiger partial charge on any atom is -0.383 e. The predicted octanol–water partition coefficient (Wildman–Crippen LogP) is 0.876. The number of hydrogen-bond acceptors (Lipinski definition) is 4. The van der Waals surface area contributed by atoms with Gasteiger partial charge < -0.3 is 5.73 Å². The van der Waals surface area contributed by atoms with Gasteiger partial charge in [-0.2, -0.15) is 0 Å². The summed E-state index contributed by atoms with van der Waals surface area (Å²) in [6, 6.07) is 4.95. The van der Waals surface area contributed by atoms with Crippen LogP contribution < -0.4 is 11.3 Å². The van der Waals surface area contributed by atoms with Gasteiger partial charge in [0.05, 0.1) is 0 Å². The molecule has 0 radical (unpaired) electrons. The molecule has 13 heavy (non-hydrogen) atoms. The molecule has 0 spiro atoms. The van der Waals surface area contributed by atoms with Crippen LogP contribution in [-0.4, -0.2) is 9.55 Å². The molecular formula is C8H7N3OS. The summed E-state index contributed by atoms with van der Waals surface area (Å²) in [5.74, 6) is 0.441. The Kier molecular flexibility index (Phi) is 1.86. The summed E-state index contributed by atoms with van der Waals surface area (Å²) >= 11 is 1.34. The Hall–Kier alpha value is -1.62. The maximum absolute atomic E-state index is 11.3. The molecule has 0 saturated carbocycles. The van der Waals surface area contributed by atoms with Crippen LogP contribution in [0.3, 0.4) is 0 Å². The number of nitrogens with two attached hydrogens (primary N) is 1. The Balaban J connectivity index is 2.59. The lowest BCUT2D eigenvalue weighted by molar-refractivity contribution is 0.974. The average Bonchev–Trinajstić information content (AvgIpc) is 2.53. The zero-order chi connectivity index (χ0) is 9.26. The lowest BCUT2D eigenvalue weighted by atomic mass is 10.5. The van der Waals surface area contributed by atoms with Gasteiger partial charge in [0.15, 0.2) is 5.13 Å². The van der Waals surface area contributed by atoms with Crippen LogP contribution in [0.4, 0.5) is 5.82 Å². The Labute approximate surface area is 78.3 Å². The van der Waals surface area contributed by atoms with Gasteiger partial charge in [-0.3, -0.25) is 9.36 Å². The van der Waals surface area contributed by atoms with E-state index in [0.717, 1.165) is 0 Å². The average molecular weight is 193 g/mol. The van der Waals surface area contributed by atoms with E-state index in [-0.39, 0.29) is 5.56 Å². The van der Waals surface area contributed by atoms with Crippen LogP contribution in [-0.2, 0) is 0 Å². The first kappa shape index (κ1) is 8.00. The van der Waals surface area contributed by atoms with Crippen LogP contribution in [0.15, 0.2) is 34.6 Å². The lowest BCUT2D eigenvalue weighted by Gasteiger charge is -1.97. The number of anilines is 1. The number of hydrogen-bond donors (Lipinski definition) is 1. The first-order chi connectivity index (χ1) is 6.27. The van der Waals surface area contributed by atoms with Gasteiger partial charge >= 0.3 is 0 Å². The van der Waals surface area contributed by atoms with Gasteiger partial charge in [0.25, 0.3) is 5.56 Å². The number of aromatic nitrogens is 2. The maximum Gasteiger partial charge on any atom is 0.256 e. The summed E-state index contributed by atoms with van der Waals surface area (Å²) in [5.41, 5.74) is 5.35. The minimum atomic E-state index is -0.100. The molecule has 0 unspecified atom stereocenters. The van der Waals surface area contributed by atoms with Gasteiger partial charge in [-0.1, -0.05) is 6.07 Å². The summed E-state index contributed by atoms with van der Waals surface area (Å²) in [4.78, 5) is 15.3. The number of rotatable bonds is 1. The Morgan fingerprint density at radius 1 is 1.46 bits per heavy atom. The van der Waals surface area contributed by atoms with Crippen molar-refractivity contribution in [1.82, 2.24) is 9.55 Å². The summed E-state index contributed by atoms with van der Waals surface area (Å²) in [5, 5.41) is 2.30. The first-order valence-corrected chi connectivity index (χ1v) is 4.54. The van der Waals surface area contributed by atoms with Crippen molar-refractivity contribution in [1.29, 1.82) is 0 Å². The van der Waals surface area contributed by atoms with Gasteiger partial charge in [-0.05, 0) is 6.07 Å². The molecule has 4 nitrogen and oxygen atoms in total. The van der Waals surface area contributed by atoms with E-state index in [1.165, 1.54) is 22.0 Å². The molecule has 0 fully saturated rings. The fourth-order valence-corrected chi connectivity index (χ4v) is 1.67. The molecule has 2 rings (SSSR count). The molecule has 0 atom stereocenters. The first-order valence-electron chi connectivity index (χ1n) is 3.66. The number of nitrogen functional groups attached to an aromatic ring is 1. The van der Waals surface area contributed by atoms with E-state index in [1.54, 1.807) is 23.7 Å². The van der Waals surface area contributed by atoms with Crippen molar-refractivity contribution >= 4 is 17.2 Å². The molecule has 2 aromatic rings. The van der Waals surface area contributed by atoms with Crippen molar-refractivity contribution < 1.29 is 0 Å². The highest BCUT2D eigenvalue weighted by atomic mass is 32.1. The predicted molar refractivity (Wildman–Crippen MR) is 52.1 cm³/mol. The molecule has 66 valence electrons. The number of nitrogens with zero attached hydrogens (tertiary/aromatic N) is 2. The Morgan fingerprint density at radius 2 is 2.31 bits per heavy atom. The van der Waals surface area contributed by atoms with Crippen LogP contribution in [0, 0.1) is 0 Å². The second kappa shape index (κ2) is 3.02. The third-order valence-electron chi connectivity index (χ3n) is 1.54. The van der Waals surface area contributed by atoms with Gasteiger partial charge in [0.1, 0.15) is 5.82 Å². The van der Waals surface area contributed by atoms with E-state index in [4.69, 9.17) is 5.73 Å². The molecule has 5 heteroatoms. The maximum atomic E-state index is 11.3. The molecule has 0 aliphatic rings. The number of pyridine rings is 1. The fraction of sp³-hybridized carbons (Fsp3) is 0. The highest BCUT2D eigenvalue weighted by molar-refractivity contribution is 7.12. The molecular weight excluding hydrogens is 186 g/mol. The van der Waals surface area contributed by atoms with Crippen molar-refractivity contribution in [3.8, 4) is 5.13 Å². The van der Waals surface area contributed by atoms with Crippen LogP contribution in [0.5, 0.6) is 0 Å². The molecule has 0 saturated heterocycles. The monoisotopic (exact) mass is 193 g/mol.